The lowest BCUT2D eigenvalue weighted by Gasteiger charge is -2.19. The van der Waals surface area contributed by atoms with E-state index in [-0.39, 0.29) is 4.90 Å². The Labute approximate surface area is 118 Å². The highest BCUT2D eigenvalue weighted by Gasteiger charge is 2.20. The Hall–Kier alpha value is -1.52. The molecule has 100 valence electrons. The van der Waals surface area contributed by atoms with Gasteiger partial charge in [0.2, 0.25) is 0 Å². The van der Waals surface area contributed by atoms with Crippen LogP contribution in [0.5, 0.6) is 0 Å². The van der Waals surface area contributed by atoms with E-state index in [1.165, 1.54) is 23.5 Å². The predicted octanol–water partition coefficient (Wildman–Crippen LogP) is 3.47. The molecule has 2 aromatic rings. The third-order valence-electron chi connectivity index (χ3n) is 2.87. The number of rotatable bonds is 3. The summed E-state index contributed by atoms with van der Waals surface area (Å²) in [5, 5.41) is 0.511. The summed E-state index contributed by atoms with van der Waals surface area (Å²) in [7, 11) is -2.01. The molecule has 0 saturated heterocycles. The van der Waals surface area contributed by atoms with E-state index in [4.69, 9.17) is 11.6 Å². The number of hydrogen-bond acceptors (Lipinski definition) is 2. The minimum absolute atomic E-state index is 0.222. The van der Waals surface area contributed by atoms with E-state index in [0.717, 1.165) is 5.56 Å². The van der Waals surface area contributed by atoms with Gasteiger partial charge in [-0.05, 0) is 43.3 Å². The van der Waals surface area contributed by atoms with E-state index in [1.54, 1.807) is 24.3 Å². The van der Waals surface area contributed by atoms with Crippen LogP contribution in [0.3, 0.4) is 0 Å². The zero-order chi connectivity index (χ0) is 14.0. The van der Waals surface area contributed by atoms with Crippen LogP contribution in [0.4, 0.5) is 5.69 Å². The van der Waals surface area contributed by atoms with Crippen molar-refractivity contribution < 1.29 is 8.42 Å². The van der Waals surface area contributed by atoms with Crippen LogP contribution in [-0.4, -0.2) is 15.5 Å². The highest BCUT2D eigenvalue weighted by molar-refractivity contribution is 7.92. The van der Waals surface area contributed by atoms with E-state index in [9.17, 15) is 8.42 Å². The topological polar surface area (TPSA) is 37.4 Å². The lowest BCUT2D eigenvalue weighted by Crippen LogP contribution is -2.26. The summed E-state index contributed by atoms with van der Waals surface area (Å²) in [5.74, 6) is 0. The number of hydrogen-bond donors (Lipinski definition) is 0. The zero-order valence-electron chi connectivity index (χ0n) is 10.7. The molecule has 0 fully saturated rings. The minimum atomic E-state index is -3.55. The summed E-state index contributed by atoms with van der Waals surface area (Å²) >= 11 is 5.77. The standard InChI is InChI=1S/C14H14ClNO2S/c1-11-3-7-13(8-4-11)16(2)19(17,18)14-9-5-12(15)6-10-14/h3-10H,1-2H3. The SMILES string of the molecule is Cc1ccc(N(C)S(=O)(=O)c2ccc(Cl)cc2)cc1. The molecule has 0 heterocycles. The van der Waals surface area contributed by atoms with Crippen LogP contribution in [0.2, 0.25) is 5.02 Å². The van der Waals surface area contributed by atoms with Gasteiger partial charge in [0.1, 0.15) is 0 Å². The Bertz CT molecular complexity index is 664. The van der Waals surface area contributed by atoms with Gasteiger partial charge in [-0.1, -0.05) is 29.3 Å². The molecule has 0 atom stereocenters. The van der Waals surface area contributed by atoms with E-state index < -0.39 is 10.0 Å². The van der Waals surface area contributed by atoms with Crippen LogP contribution in [0.25, 0.3) is 0 Å². The molecule has 2 aromatic carbocycles. The Morgan fingerprint density at radius 2 is 1.47 bits per heavy atom. The fourth-order valence-corrected chi connectivity index (χ4v) is 2.98. The highest BCUT2D eigenvalue weighted by atomic mass is 35.5. The van der Waals surface area contributed by atoms with Gasteiger partial charge in [-0.3, -0.25) is 4.31 Å². The maximum Gasteiger partial charge on any atom is 0.264 e. The van der Waals surface area contributed by atoms with Gasteiger partial charge in [0.25, 0.3) is 10.0 Å². The summed E-state index contributed by atoms with van der Waals surface area (Å²) in [5.41, 5.74) is 1.71. The van der Waals surface area contributed by atoms with E-state index in [0.29, 0.717) is 10.7 Å². The van der Waals surface area contributed by atoms with Crippen molar-refractivity contribution in [2.75, 3.05) is 11.4 Å². The molecule has 0 aromatic heterocycles. The predicted molar refractivity (Wildman–Crippen MR) is 78.2 cm³/mol. The quantitative estimate of drug-likeness (QED) is 0.869. The van der Waals surface area contributed by atoms with Crippen molar-refractivity contribution >= 4 is 27.3 Å². The minimum Gasteiger partial charge on any atom is -0.269 e. The molecule has 2 rings (SSSR count). The molecule has 19 heavy (non-hydrogen) atoms. The third kappa shape index (κ3) is 2.91. The molecular formula is C14H14ClNO2S. The van der Waals surface area contributed by atoms with Crippen LogP contribution < -0.4 is 4.31 Å². The zero-order valence-corrected chi connectivity index (χ0v) is 12.2. The van der Waals surface area contributed by atoms with Gasteiger partial charge in [-0.2, -0.15) is 0 Å². The van der Waals surface area contributed by atoms with Crippen LogP contribution in [0.15, 0.2) is 53.4 Å². The third-order valence-corrected chi connectivity index (χ3v) is 4.92. The number of anilines is 1. The second kappa shape index (κ2) is 5.23. The monoisotopic (exact) mass is 295 g/mol. The van der Waals surface area contributed by atoms with Gasteiger partial charge in [0.15, 0.2) is 0 Å². The molecule has 0 spiro atoms. The van der Waals surface area contributed by atoms with Gasteiger partial charge < -0.3 is 0 Å². The molecule has 5 heteroatoms. The largest absolute Gasteiger partial charge is 0.269 e. The van der Waals surface area contributed by atoms with Crippen molar-refractivity contribution in [3.8, 4) is 0 Å². The van der Waals surface area contributed by atoms with Crippen LogP contribution in [0.1, 0.15) is 5.56 Å². The number of sulfonamides is 1. The number of benzene rings is 2. The summed E-state index contributed by atoms with van der Waals surface area (Å²) in [6.07, 6.45) is 0. The molecular weight excluding hydrogens is 282 g/mol. The van der Waals surface area contributed by atoms with Crippen molar-refractivity contribution in [2.45, 2.75) is 11.8 Å². The average Bonchev–Trinajstić information content (AvgIpc) is 2.39. The van der Waals surface area contributed by atoms with Gasteiger partial charge >= 0.3 is 0 Å². The smallest absolute Gasteiger partial charge is 0.264 e. The first kappa shape index (κ1) is 13.9. The second-order valence-corrected chi connectivity index (χ2v) is 6.67. The Morgan fingerprint density at radius 3 is 2.00 bits per heavy atom. The second-order valence-electron chi connectivity index (χ2n) is 4.26. The molecule has 0 aliphatic carbocycles. The Balaban J connectivity index is 2.39. The van der Waals surface area contributed by atoms with Crippen molar-refractivity contribution in [1.29, 1.82) is 0 Å². The molecule has 0 bridgehead atoms. The Morgan fingerprint density at radius 1 is 0.947 bits per heavy atom. The lowest BCUT2D eigenvalue weighted by molar-refractivity contribution is 0.594. The molecule has 0 aliphatic heterocycles. The van der Waals surface area contributed by atoms with Crippen LogP contribution in [0, 0.1) is 6.92 Å². The summed E-state index contributed by atoms with van der Waals surface area (Å²) < 4.78 is 26.1. The first-order valence-electron chi connectivity index (χ1n) is 5.72. The maximum absolute atomic E-state index is 12.4. The Kier molecular flexibility index (Phi) is 3.83. The highest BCUT2D eigenvalue weighted by Crippen LogP contribution is 2.23. The van der Waals surface area contributed by atoms with Gasteiger partial charge in [-0.15, -0.1) is 0 Å². The number of halogens is 1. The fraction of sp³-hybridized carbons (Fsp3) is 0.143. The summed E-state index contributed by atoms with van der Waals surface area (Å²) in [6.45, 7) is 1.96. The first-order valence-corrected chi connectivity index (χ1v) is 7.54. The summed E-state index contributed by atoms with van der Waals surface area (Å²) in [4.78, 5) is 0.222. The van der Waals surface area contributed by atoms with Crippen LogP contribution >= 0.6 is 11.6 Å². The van der Waals surface area contributed by atoms with E-state index in [2.05, 4.69) is 0 Å². The number of aryl methyl sites for hydroxylation is 1. The summed E-state index contributed by atoms with van der Waals surface area (Å²) in [6, 6.07) is 13.5. The molecule has 3 nitrogen and oxygen atoms in total. The molecule has 0 amide bonds. The fourth-order valence-electron chi connectivity index (χ4n) is 1.66. The van der Waals surface area contributed by atoms with Crippen molar-refractivity contribution in [2.24, 2.45) is 0 Å². The molecule has 0 aliphatic rings. The van der Waals surface area contributed by atoms with Gasteiger partial charge in [-0.25, -0.2) is 8.42 Å². The number of nitrogens with zero attached hydrogens (tertiary/aromatic N) is 1. The van der Waals surface area contributed by atoms with Crippen molar-refractivity contribution in [1.82, 2.24) is 0 Å². The molecule has 0 radical (unpaired) electrons. The maximum atomic E-state index is 12.4. The normalized spacial score (nSPS) is 11.3. The van der Waals surface area contributed by atoms with Gasteiger partial charge in [0.05, 0.1) is 10.6 Å². The molecule has 0 saturated carbocycles. The lowest BCUT2D eigenvalue weighted by atomic mass is 10.2. The van der Waals surface area contributed by atoms with E-state index in [1.807, 2.05) is 19.1 Å². The van der Waals surface area contributed by atoms with Gasteiger partial charge in [0, 0.05) is 12.1 Å². The molecule has 0 unspecified atom stereocenters. The molecule has 0 N–H and O–H groups in total. The first-order chi connectivity index (χ1) is 8.91. The van der Waals surface area contributed by atoms with Crippen LogP contribution in [-0.2, 0) is 10.0 Å². The van der Waals surface area contributed by atoms with Crippen molar-refractivity contribution in [3.05, 3.63) is 59.1 Å². The average molecular weight is 296 g/mol. The van der Waals surface area contributed by atoms with Crippen molar-refractivity contribution in [3.63, 3.8) is 0 Å². The van der Waals surface area contributed by atoms with E-state index >= 15 is 0 Å².